The third-order valence-electron chi connectivity index (χ3n) is 14.9. The molecule has 0 aliphatic carbocycles. The van der Waals surface area contributed by atoms with Crippen molar-refractivity contribution in [3.8, 4) is 78.9 Å². The van der Waals surface area contributed by atoms with Crippen LogP contribution in [0.25, 0.3) is 78.9 Å². The Morgan fingerprint density at radius 1 is 0.275 bits per heavy atom. The van der Waals surface area contributed by atoms with Crippen molar-refractivity contribution in [2.24, 2.45) is 0 Å². The van der Waals surface area contributed by atoms with Crippen molar-refractivity contribution in [3.63, 3.8) is 0 Å². The van der Waals surface area contributed by atoms with E-state index < -0.39 is 0 Å². The maximum absolute atomic E-state index is 5.54. The first-order chi connectivity index (χ1) is 39.1. The summed E-state index contributed by atoms with van der Waals surface area (Å²) >= 11 is 0. The van der Waals surface area contributed by atoms with Crippen LogP contribution in [-0.2, 0) is 0 Å². The van der Waals surface area contributed by atoms with Gasteiger partial charge in [0.15, 0.2) is 23.3 Å². The van der Waals surface area contributed by atoms with Crippen LogP contribution in [0, 0.1) is 41.5 Å². The highest BCUT2D eigenvalue weighted by Crippen LogP contribution is 2.43. The topological polar surface area (TPSA) is 80.6 Å². The first kappa shape index (κ1) is 50.8. The monoisotopic (exact) mass is 1030 g/mol. The second-order valence-corrected chi connectivity index (χ2v) is 20.7. The van der Waals surface area contributed by atoms with Crippen LogP contribution < -0.4 is 4.90 Å². The summed E-state index contributed by atoms with van der Waals surface area (Å²) in [6.07, 6.45) is 0. The molecule has 12 aromatic rings. The summed E-state index contributed by atoms with van der Waals surface area (Å²) in [5.41, 5.74) is 21.7. The number of nitrogens with zero attached hydrogens (tertiary/aromatic N) is 7. The zero-order valence-corrected chi connectivity index (χ0v) is 45.8. The number of aromatic nitrogens is 6. The van der Waals surface area contributed by atoms with Crippen molar-refractivity contribution in [1.29, 1.82) is 0 Å². The number of rotatable bonds is 13. The van der Waals surface area contributed by atoms with Gasteiger partial charge in [-0.1, -0.05) is 223 Å². The van der Waals surface area contributed by atoms with Gasteiger partial charge in [-0.25, -0.2) is 14.9 Å². The Morgan fingerprint density at radius 2 is 0.613 bits per heavy atom. The lowest BCUT2D eigenvalue weighted by molar-refractivity contribution is 0.917. The van der Waals surface area contributed by atoms with Crippen molar-refractivity contribution < 1.29 is 0 Å². The van der Waals surface area contributed by atoms with Crippen molar-refractivity contribution in [2.75, 3.05) is 4.90 Å². The average Bonchev–Trinajstić information content (AvgIpc) is 3.58. The lowest BCUT2D eigenvalue weighted by Gasteiger charge is -2.28. The van der Waals surface area contributed by atoms with Crippen molar-refractivity contribution >= 4 is 17.6 Å². The van der Waals surface area contributed by atoms with Gasteiger partial charge in [-0.3, -0.25) is 0 Å². The van der Waals surface area contributed by atoms with E-state index in [0.717, 1.165) is 66.9 Å². The van der Waals surface area contributed by atoms with E-state index in [1.165, 1.54) is 44.5 Å². The van der Waals surface area contributed by atoms with Gasteiger partial charge >= 0.3 is 0 Å². The van der Waals surface area contributed by atoms with Crippen LogP contribution in [0.5, 0.6) is 0 Å². The number of hydrogen-bond donors (Lipinski definition) is 0. The molecule has 7 heteroatoms. The van der Waals surface area contributed by atoms with E-state index in [2.05, 4.69) is 199 Å². The van der Waals surface area contributed by atoms with Crippen molar-refractivity contribution in [3.05, 3.63) is 293 Å². The summed E-state index contributed by atoms with van der Waals surface area (Å²) in [4.78, 5) is 34.5. The summed E-state index contributed by atoms with van der Waals surface area (Å²) in [5, 5.41) is 0. The van der Waals surface area contributed by atoms with E-state index in [1.54, 1.807) is 0 Å². The van der Waals surface area contributed by atoms with Gasteiger partial charge in [0.1, 0.15) is 0 Å². The second-order valence-electron chi connectivity index (χ2n) is 20.7. The zero-order valence-electron chi connectivity index (χ0n) is 45.8. The SMILES string of the molecule is Cc1cc(C)c(C(c2ccc(N(c3nc(-c4ccccc4)nc(-c4cc(-c5ccccc5)cc(-c5ccccc5)c4)n3)c3nc(-c4ccccc4)nc(-c4ccccc4-c4ccccc4)n3)cc2)c2c(C)cc(C)cc2C)c(C)c1. The molecule has 0 atom stereocenters. The highest BCUT2D eigenvalue weighted by molar-refractivity contribution is 5.84. The van der Waals surface area contributed by atoms with Crippen LogP contribution in [0.4, 0.5) is 17.6 Å². The van der Waals surface area contributed by atoms with Gasteiger partial charge in [0.05, 0.1) is 5.69 Å². The fraction of sp³-hybridized carbons (Fsp3) is 0.0959. The summed E-state index contributed by atoms with van der Waals surface area (Å²) in [5.74, 6) is 2.64. The third kappa shape index (κ3) is 10.4. The molecular formula is C73H59N7. The number of aryl methyl sites for hydroxylation is 6. The first-order valence-electron chi connectivity index (χ1n) is 27.2. The lowest BCUT2D eigenvalue weighted by Crippen LogP contribution is -2.19. The predicted octanol–water partition coefficient (Wildman–Crippen LogP) is 18.2. The van der Waals surface area contributed by atoms with Gasteiger partial charge in [0, 0.05) is 28.2 Å². The molecule has 386 valence electrons. The first-order valence-corrected chi connectivity index (χ1v) is 27.2. The standard InChI is InChI=1S/C73H59N7/c1-47-40-49(3)65(50(4)41-47)67(66-51(5)42-48(2)43-52(66)6)56-36-38-62(39-37-56)80(73-77-69(58-32-20-11-21-33-58)75-71(79-73)64-35-23-22-34-63(64)55-28-16-9-17-29-55)72-76-68(57-30-18-10-19-31-57)74-70(78-72)61-45-59(53-24-12-7-13-25-53)44-60(46-61)54-26-14-8-15-27-54/h7-46,67H,1-6H3. The fourth-order valence-electron chi connectivity index (χ4n) is 11.4. The Labute approximate surface area is 469 Å². The summed E-state index contributed by atoms with van der Waals surface area (Å²) in [6.45, 7) is 13.3. The Bertz CT molecular complexity index is 4010. The smallest absolute Gasteiger partial charge is 0.241 e. The fourth-order valence-corrected chi connectivity index (χ4v) is 11.4. The van der Waals surface area contributed by atoms with Gasteiger partial charge in [-0.05, 0) is 144 Å². The molecule has 0 unspecified atom stereocenters. The van der Waals surface area contributed by atoms with E-state index in [-0.39, 0.29) is 5.92 Å². The minimum atomic E-state index is -0.0502. The molecule has 0 amide bonds. The van der Waals surface area contributed by atoms with Gasteiger partial charge in [0.2, 0.25) is 11.9 Å². The van der Waals surface area contributed by atoms with Gasteiger partial charge in [-0.15, -0.1) is 0 Å². The van der Waals surface area contributed by atoms with Crippen LogP contribution in [0.1, 0.15) is 56.0 Å². The minimum Gasteiger partial charge on any atom is -0.246 e. The van der Waals surface area contributed by atoms with E-state index in [4.69, 9.17) is 29.9 Å². The molecular weight excluding hydrogens is 975 g/mol. The average molecular weight is 1030 g/mol. The molecule has 0 fully saturated rings. The molecule has 0 spiro atoms. The quantitative estimate of drug-likeness (QED) is 0.106. The molecule has 0 saturated heterocycles. The molecule has 0 aliphatic heterocycles. The molecule has 12 rings (SSSR count). The van der Waals surface area contributed by atoms with E-state index in [0.29, 0.717) is 35.2 Å². The Morgan fingerprint density at radius 3 is 1.05 bits per heavy atom. The van der Waals surface area contributed by atoms with Crippen molar-refractivity contribution in [1.82, 2.24) is 29.9 Å². The van der Waals surface area contributed by atoms with E-state index in [9.17, 15) is 0 Å². The molecule has 0 bridgehead atoms. The highest BCUT2D eigenvalue weighted by Gasteiger charge is 2.28. The maximum Gasteiger partial charge on any atom is 0.241 e. The van der Waals surface area contributed by atoms with E-state index in [1.807, 2.05) is 89.8 Å². The minimum absolute atomic E-state index is 0.0502. The largest absolute Gasteiger partial charge is 0.246 e. The van der Waals surface area contributed by atoms with Crippen molar-refractivity contribution in [2.45, 2.75) is 47.5 Å². The molecule has 2 heterocycles. The number of anilines is 3. The summed E-state index contributed by atoms with van der Waals surface area (Å²) < 4.78 is 0. The maximum atomic E-state index is 5.54. The molecule has 7 nitrogen and oxygen atoms in total. The number of hydrogen-bond acceptors (Lipinski definition) is 7. The molecule has 2 aromatic heterocycles. The van der Waals surface area contributed by atoms with E-state index >= 15 is 0 Å². The lowest BCUT2D eigenvalue weighted by atomic mass is 9.77. The van der Waals surface area contributed by atoms with Gasteiger partial charge < -0.3 is 0 Å². The van der Waals surface area contributed by atoms with Crippen LogP contribution in [0.3, 0.4) is 0 Å². The van der Waals surface area contributed by atoms with Crippen LogP contribution >= 0.6 is 0 Å². The highest BCUT2D eigenvalue weighted by atomic mass is 15.4. The van der Waals surface area contributed by atoms with Crippen LogP contribution in [-0.4, -0.2) is 29.9 Å². The molecule has 0 saturated carbocycles. The molecule has 10 aromatic carbocycles. The predicted molar refractivity (Wildman–Crippen MR) is 328 cm³/mol. The summed E-state index contributed by atoms with van der Waals surface area (Å²) in [7, 11) is 0. The third-order valence-corrected chi connectivity index (χ3v) is 14.9. The summed E-state index contributed by atoms with van der Waals surface area (Å²) in [6, 6.07) is 84.5. The molecule has 0 N–H and O–H groups in total. The molecule has 80 heavy (non-hydrogen) atoms. The molecule has 0 aliphatic rings. The molecule has 0 radical (unpaired) electrons. The Kier molecular flexibility index (Phi) is 14.1. The van der Waals surface area contributed by atoms with Gasteiger partial charge in [-0.2, -0.15) is 19.9 Å². The normalized spacial score (nSPS) is 11.2. The Hall–Kier alpha value is -9.98. The van der Waals surface area contributed by atoms with Crippen LogP contribution in [0.2, 0.25) is 0 Å². The number of benzene rings is 10. The Balaban J connectivity index is 1.13. The zero-order chi connectivity index (χ0) is 54.7. The van der Waals surface area contributed by atoms with Gasteiger partial charge in [0.25, 0.3) is 0 Å². The second kappa shape index (κ2) is 22.2. The van der Waals surface area contributed by atoms with Crippen LogP contribution in [0.15, 0.2) is 243 Å².